The molecule has 0 aliphatic carbocycles. The van der Waals surface area contributed by atoms with Crippen LogP contribution in [0.4, 0.5) is 0 Å². The molecular weight excluding hydrogens is 224 g/mol. The van der Waals surface area contributed by atoms with Crippen molar-refractivity contribution in [1.29, 1.82) is 0 Å². The second kappa shape index (κ2) is 6.12. The highest BCUT2D eigenvalue weighted by molar-refractivity contribution is 5.83. The summed E-state index contributed by atoms with van der Waals surface area (Å²) in [5.74, 6) is -1.70. The Morgan fingerprint density at radius 2 is 2.11 bits per heavy atom. The number of rotatable bonds is 4. The van der Waals surface area contributed by atoms with Crippen LogP contribution < -0.4 is 5.32 Å². The topological polar surface area (TPSA) is 32.3 Å². The molecule has 0 unspecified atom stereocenters. The molecule has 1 aliphatic heterocycles. The molecule has 3 heteroatoms. The molecule has 1 fully saturated rings. The van der Waals surface area contributed by atoms with Crippen molar-refractivity contribution in [3.63, 3.8) is 0 Å². The number of piperazine rings is 1. The standard InChI is InChI=1S/C15H22N2O/c1-12-4-3-5-13(2)15(12)10-14(18)11-17-8-6-16-7-9-17/h3-5,16H,6-11H2,1-2H3/i1D3,2D3,6D2,7D2,8D2,9D2,11D2. The van der Waals surface area contributed by atoms with E-state index in [1.165, 1.54) is 5.32 Å². The van der Waals surface area contributed by atoms with Crippen molar-refractivity contribution in [2.24, 2.45) is 0 Å². The van der Waals surface area contributed by atoms with Crippen LogP contribution in [0.15, 0.2) is 18.2 Å². The fraction of sp³-hybridized carbons (Fsp3) is 0.533. The van der Waals surface area contributed by atoms with Gasteiger partial charge in [0.15, 0.2) is 5.78 Å². The molecule has 1 heterocycles. The van der Waals surface area contributed by atoms with Crippen LogP contribution in [-0.2, 0) is 11.2 Å². The molecule has 1 aromatic rings. The molecule has 1 saturated heterocycles. The third-order valence-electron chi connectivity index (χ3n) is 2.21. The summed E-state index contributed by atoms with van der Waals surface area (Å²) in [6, 6.07) is 3.16. The number of hydrogen-bond acceptors (Lipinski definition) is 3. The maximum absolute atomic E-state index is 13.1. The van der Waals surface area contributed by atoms with Gasteiger partial charge in [-0.25, -0.2) is 0 Å². The average Bonchev–Trinajstić information content (AvgIpc) is 2.56. The van der Waals surface area contributed by atoms with Crippen LogP contribution in [0.2, 0.25) is 0 Å². The summed E-state index contributed by atoms with van der Waals surface area (Å²) in [6.07, 6.45) is -1.22. The van der Waals surface area contributed by atoms with E-state index in [4.69, 9.17) is 21.9 Å². The molecule has 0 spiro atoms. The van der Waals surface area contributed by atoms with E-state index in [-0.39, 0.29) is 0 Å². The second-order valence-electron chi connectivity index (χ2n) is 3.48. The van der Waals surface area contributed by atoms with E-state index < -0.39 is 80.0 Å². The predicted molar refractivity (Wildman–Crippen MR) is 73.9 cm³/mol. The number of hydrogen-bond donors (Lipinski definition) is 1. The Hall–Kier alpha value is -1.19. The number of nitrogens with one attached hydrogen (secondary N) is 1. The van der Waals surface area contributed by atoms with Gasteiger partial charge in [-0.1, -0.05) is 18.2 Å². The van der Waals surface area contributed by atoms with Gasteiger partial charge in [-0.05, 0) is 30.4 Å². The van der Waals surface area contributed by atoms with Crippen molar-refractivity contribution in [1.82, 2.24) is 10.2 Å². The van der Waals surface area contributed by atoms with Gasteiger partial charge in [-0.3, -0.25) is 9.69 Å². The lowest BCUT2D eigenvalue weighted by atomic mass is 9.98. The zero-order chi connectivity index (χ0) is 26.9. The predicted octanol–water partition coefficient (Wildman–Crippen LogP) is 1.32. The van der Waals surface area contributed by atoms with Crippen molar-refractivity contribution in [2.75, 3.05) is 32.5 Å². The molecule has 98 valence electrons. The molecule has 1 aliphatic rings. The van der Waals surface area contributed by atoms with Gasteiger partial charge < -0.3 is 5.32 Å². The van der Waals surface area contributed by atoms with Crippen LogP contribution in [0.5, 0.6) is 0 Å². The maximum atomic E-state index is 13.1. The summed E-state index contributed by atoms with van der Waals surface area (Å²) >= 11 is 0. The average molecular weight is 262 g/mol. The summed E-state index contributed by atoms with van der Waals surface area (Å²) in [7, 11) is 0. The van der Waals surface area contributed by atoms with Crippen LogP contribution in [0.1, 0.15) is 38.6 Å². The van der Waals surface area contributed by atoms with E-state index in [1.807, 2.05) is 0 Å². The number of benzene rings is 1. The third kappa shape index (κ3) is 3.40. The lowest BCUT2D eigenvalue weighted by molar-refractivity contribution is -0.119. The number of ketones is 1. The first kappa shape index (κ1) is 3.68. The summed E-state index contributed by atoms with van der Waals surface area (Å²) in [5, 5.41) is 1.51. The van der Waals surface area contributed by atoms with Crippen molar-refractivity contribution < 1.29 is 26.7 Å². The number of nitrogens with zero attached hydrogens (tertiary/aromatic N) is 1. The number of aryl methyl sites for hydroxylation is 2. The number of carbonyl (C=O) groups excluding carboxylic acids is 1. The first-order valence-electron chi connectivity index (χ1n) is 13.1. The van der Waals surface area contributed by atoms with Gasteiger partial charge in [0, 0.05) is 51.6 Å². The van der Waals surface area contributed by atoms with Gasteiger partial charge in [0.05, 0.1) is 9.24 Å². The molecule has 0 saturated carbocycles. The van der Waals surface area contributed by atoms with Crippen LogP contribution in [0, 0.1) is 13.7 Å². The SMILES string of the molecule is [2H]C([2H])([2H])c1cccc(C([2H])([2H])[2H])c1CC(=O)C([2H])([2H])N1C([2H])([2H])C([2H])([2H])NC([2H])([2H])C1([2H])[2H]. The molecular formula is C15H22N2O. The van der Waals surface area contributed by atoms with Gasteiger partial charge >= 0.3 is 0 Å². The smallest absolute Gasteiger partial charge is 0.151 e. The van der Waals surface area contributed by atoms with Crippen LogP contribution in [0.25, 0.3) is 0 Å². The summed E-state index contributed by atoms with van der Waals surface area (Å²) in [6.45, 7) is -23.6. The van der Waals surface area contributed by atoms with E-state index in [0.29, 0.717) is 0 Å². The first-order valence-corrected chi connectivity index (χ1v) is 5.08. The van der Waals surface area contributed by atoms with Crippen molar-refractivity contribution >= 4 is 5.78 Å². The van der Waals surface area contributed by atoms with E-state index in [2.05, 4.69) is 0 Å². The minimum atomic E-state index is -3.75. The highest BCUT2D eigenvalue weighted by Crippen LogP contribution is 2.14. The van der Waals surface area contributed by atoms with Gasteiger partial charge in [-0.2, -0.15) is 0 Å². The first-order chi connectivity index (χ1) is 14.8. The van der Waals surface area contributed by atoms with Gasteiger partial charge in [0.2, 0.25) is 0 Å². The zero-order valence-corrected chi connectivity index (χ0v) is 9.29. The Kier molecular flexibility index (Phi) is 1.25. The highest BCUT2D eigenvalue weighted by Gasteiger charge is 2.15. The lowest BCUT2D eigenvalue weighted by Gasteiger charge is -2.26. The highest BCUT2D eigenvalue weighted by atomic mass is 16.1. The monoisotopic (exact) mass is 262 g/mol. The molecule has 0 aromatic heterocycles. The van der Waals surface area contributed by atoms with Crippen molar-refractivity contribution in [3.8, 4) is 0 Å². The second-order valence-corrected chi connectivity index (χ2v) is 3.48. The fourth-order valence-electron chi connectivity index (χ4n) is 1.38. The molecule has 1 N–H and O–H groups in total. The third-order valence-corrected chi connectivity index (χ3v) is 2.21. The van der Waals surface area contributed by atoms with Crippen LogP contribution in [0.3, 0.4) is 0 Å². The maximum Gasteiger partial charge on any atom is 0.151 e. The van der Waals surface area contributed by atoms with Gasteiger partial charge in [0.25, 0.3) is 0 Å². The lowest BCUT2D eigenvalue weighted by Crippen LogP contribution is -2.45. The van der Waals surface area contributed by atoms with Crippen LogP contribution in [-0.4, -0.2) is 43.2 Å². The van der Waals surface area contributed by atoms with Gasteiger partial charge in [0.1, 0.15) is 0 Å². The Morgan fingerprint density at radius 3 is 2.72 bits per heavy atom. The summed E-state index contributed by atoms with van der Waals surface area (Å²) in [5.41, 5.74) is -1.75. The number of carbonyl (C=O) groups is 1. The van der Waals surface area contributed by atoms with E-state index in [0.717, 1.165) is 18.2 Å². The molecule has 18 heavy (non-hydrogen) atoms. The van der Waals surface area contributed by atoms with Gasteiger partial charge in [-0.15, -0.1) is 0 Å². The van der Waals surface area contributed by atoms with Crippen LogP contribution >= 0.6 is 0 Å². The molecule has 1 aromatic carbocycles. The normalized spacial score (nSPS) is 43.3. The molecule has 0 atom stereocenters. The molecule has 3 nitrogen and oxygen atoms in total. The zero-order valence-electron chi connectivity index (χ0n) is 25.3. The quantitative estimate of drug-likeness (QED) is 0.888. The molecule has 0 radical (unpaired) electrons. The largest absolute Gasteiger partial charge is 0.314 e. The van der Waals surface area contributed by atoms with E-state index >= 15 is 0 Å². The summed E-state index contributed by atoms with van der Waals surface area (Å²) in [4.78, 5) is 12.6. The molecule has 0 bridgehead atoms. The van der Waals surface area contributed by atoms with Crippen molar-refractivity contribution in [2.45, 2.75) is 20.1 Å². The molecule has 0 amide bonds. The fourth-order valence-corrected chi connectivity index (χ4v) is 1.38. The molecule has 2 rings (SSSR count). The Balaban J connectivity index is 2.69. The van der Waals surface area contributed by atoms with Crippen molar-refractivity contribution in [3.05, 3.63) is 34.9 Å². The minimum absolute atomic E-state index is 0.515. The summed E-state index contributed by atoms with van der Waals surface area (Å²) < 4.78 is 125. The Bertz CT molecular complexity index is 906. The Labute approximate surface area is 132 Å². The number of Topliss-reactive ketones (excluding diaryl/α,β-unsaturated/α-hetero) is 1. The Morgan fingerprint density at radius 1 is 1.44 bits per heavy atom. The van der Waals surface area contributed by atoms with E-state index in [1.54, 1.807) is 0 Å². The van der Waals surface area contributed by atoms with E-state index in [9.17, 15) is 4.79 Å². The minimum Gasteiger partial charge on any atom is -0.314 e.